The highest BCUT2D eigenvalue weighted by atomic mass is 16.1. The molecule has 2 rings (SSSR count). The minimum atomic E-state index is -0.0892. The lowest BCUT2D eigenvalue weighted by molar-refractivity contribution is -0.114. The van der Waals surface area contributed by atoms with Crippen molar-refractivity contribution in [3.8, 4) is 0 Å². The van der Waals surface area contributed by atoms with E-state index in [1.807, 2.05) is 6.07 Å². The minimum absolute atomic E-state index is 0.0892. The summed E-state index contributed by atoms with van der Waals surface area (Å²) in [5.74, 6) is 0.519. The van der Waals surface area contributed by atoms with Gasteiger partial charge < -0.3 is 5.32 Å². The highest BCUT2D eigenvalue weighted by Crippen LogP contribution is 2.23. The van der Waals surface area contributed by atoms with Gasteiger partial charge in [-0.2, -0.15) is 5.10 Å². The number of carbonyl (C=O) groups is 1. The van der Waals surface area contributed by atoms with Gasteiger partial charge in [0.25, 0.3) is 0 Å². The van der Waals surface area contributed by atoms with Crippen LogP contribution in [-0.2, 0) is 4.79 Å². The van der Waals surface area contributed by atoms with E-state index in [1.165, 1.54) is 26.2 Å². The molecule has 1 aromatic rings. The Kier molecular flexibility index (Phi) is 3.78. The second kappa shape index (κ2) is 5.31. The van der Waals surface area contributed by atoms with Crippen LogP contribution in [0.3, 0.4) is 0 Å². The smallest absolute Gasteiger partial charge is 0.222 e. The predicted molar refractivity (Wildman–Crippen MR) is 66.7 cm³/mol. The van der Waals surface area contributed by atoms with Crippen LogP contribution in [0.1, 0.15) is 44.8 Å². The number of anilines is 1. The molecule has 1 aromatic heterocycles. The quantitative estimate of drug-likeness (QED) is 0.842. The normalized spacial score (nSPS) is 18.9. The Morgan fingerprint density at radius 3 is 2.82 bits per heavy atom. The van der Waals surface area contributed by atoms with E-state index in [1.54, 1.807) is 0 Å². The van der Waals surface area contributed by atoms with Gasteiger partial charge in [-0.3, -0.25) is 14.8 Å². The molecule has 1 atom stereocenters. The van der Waals surface area contributed by atoms with Crippen LogP contribution >= 0.6 is 0 Å². The molecule has 0 bridgehead atoms. The van der Waals surface area contributed by atoms with Gasteiger partial charge in [-0.15, -0.1) is 0 Å². The van der Waals surface area contributed by atoms with Gasteiger partial charge in [-0.25, -0.2) is 0 Å². The number of hydrogen-bond acceptors (Lipinski definition) is 3. The lowest BCUT2D eigenvalue weighted by Crippen LogP contribution is -2.32. The summed E-state index contributed by atoms with van der Waals surface area (Å²) in [4.78, 5) is 13.4. The average Bonchev–Trinajstić information content (AvgIpc) is 2.77. The molecular formula is C12H20N4O. The fourth-order valence-electron chi connectivity index (χ4n) is 2.30. The maximum Gasteiger partial charge on any atom is 0.222 e. The zero-order valence-electron chi connectivity index (χ0n) is 10.5. The Morgan fingerprint density at radius 2 is 2.18 bits per heavy atom. The lowest BCUT2D eigenvalue weighted by atomic mass is 10.1. The van der Waals surface area contributed by atoms with E-state index < -0.39 is 0 Å². The number of rotatable bonds is 3. The van der Waals surface area contributed by atoms with Gasteiger partial charge in [-0.1, -0.05) is 6.42 Å². The summed E-state index contributed by atoms with van der Waals surface area (Å²) in [5, 5.41) is 9.77. The van der Waals surface area contributed by atoms with Crippen molar-refractivity contribution in [3.63, 3.8) is 0 Å². The number of aromatic nitrogens is 2. The molecule has 2 heterocycles. The first-order valence-corrected chi connectivity index (χ1v) is 6.24. The number of amides is 1. The fraction of sp³-hybridized carbons (Fsp3) is 0.667. The summed E-state index contributed by atoms with van der Waals surface area (Å²) < 4.78 is 0. The molecule has 1 amide bonds. The van der Waals surface area contributed by atoms with Crippen LogP contribution in [0.25, 0.3) is 0 Å². The van der Waals surface area contributed by atoms with Crippen LogP contribution in [0.4, 0.5) is 5.82 Å². The first kappa shape index (κ1) is 12.1. The molecule has 0 unspecified atom stereocenters. The molecule has 5 heteroatoms. The number of aromatic amines is 1. The summed E-state index contributed by atoms with van der Waals surface area (Å²) in [7, 11) is 0. The van der Waals surface area contributed by atoms with Crippen molar-refractivity contribution >= 4 is 11.7 Å². The summed E-state index contributed by atoms with van der Waals surface area (Å²) >= 11 is 0. The maximum absolute atomic E-state index is 10.9. The molecule has 0 saturated carbocycles. The van der Waals surface area contributed by atoms with Crippen LogP contribution in [-0.4, -0.2) is 34.1 Å². The zero-order chi connectivity index (χ0) is 12.3. The molecular weight excluding hydrogens is 216 g/mol. The number of H-pyrrole nitrogens is 1. The summed E-state index contributed by atoms with van der Waals surface area (Å²) in [6.07, 6.45) is 3.89. The lowest BCUT2D eigenvalue weighted by Gasteiger charge is -2.31. The number of likely N-dealkylation sites (tertiary alicyclic amines) is 1. The van der Waals surface area contributed by atoms with E-state index in [-0.39, 0.29) is 5.91 Å². The van der Waals surface area contributed by atoms with Crippen LogP contribution < -0.4 is 5.32 Å². The van der Waals surface area contributed by atoms with Gasteiger partial charge in [0.1, 0.15) is 0 Å². The molecule has 1 saturated heterocycles. The highest BCUT2D eigenvalue weighted by molar-refractivity contribution is 5.87. The third kappa shape index (κ3) is 3.06. The summed E-state index contributed by atoms with van der Waals surface area (Å²) in [6.45, 7) is 5.96. The minimum Gasteiger partial charge on any atom is -0.309 e. The molecule has 2 N–H and O–H groups in total. The van der Waals surface area contributed by atoms with Gasteiger partial charge in [0, 0.05) is 19.0 Å². The van der Waals surface area contributed by atoms with Crippen molar-refractivity contribution < 1.29 is 4.79 Å². The van der Waals surface area contributed by atoms with E-state index in [0.29, 0.717) is 11.9 Å². The Labute approximate surface area is 102 Å². The Morgan fingerprint density at radius 1 is 1.47 bits per heavy atom. The third-order valence-corrected chi connectivity index (χ3v) is 3.29. The molecule has 0 spiro atoms. The van der Waals surface area contributed by atoms with Gasteiger partial charge >= 0.3 is 0 Å². The molecule has 1 aliphatic heterocycles. The second-order valence-corrected chi connectivity index (χ2v) is 4.66. The molecule has 5 nitrogen and oxygen atoms in total. The van der Waals surface area contributed by atoms with E-state index in [0.717, 1.165) is 18.8 Å². The van der Waals surface area contributed by atoms with Gasteiger partial charge in [0.15, 0.2) is 5.82 Å². The monoisotopic (exact) mass is 236 g/mol. The third-order valence-electron chi connectivity index (χ3n) is 3.29. The molecule has 0 aliphatic carbocycles. The molecule has 1 aliphatic rings. The van der Waals surface area contributed by atoms with Crippen molar-refractivity contribution in [3.05, 3.63) is 11.8 Å². The van der Waals surface area contributed by atoms with Gasteiger partial charge in [0.2, 0.25) is 5.91 Å². The van der Waals surface area contributed by atoms with Crippen LogP contribution in [0, 0.1) is 0 Å². The van der Waals surface area contributed by atoms with Crippen LogP contribution in [0.2, 0.25) is 0 Å². The summed E-state index contributed by atoms with van der Waals surface area (Å²) in [6, 6.07) is 2.26. The number of carbonyl (C=O) groups excluding carboxylic acids is 1. The molecule has 0 radical (unpaired) electrons. The second-order valence-electron chi connectivity index (χ2n) is 4.66. The van der Waals surface area contributed by atoms with E-state index in [2.05, 4.69) is 27.3 Å². The van der Waals surface area contributed by atoms with E-state index in [9.17, 15) is 4.79 Å². The number of nitrogens with zero attached hydrogens (tertiary/aromatic N) is 2. The zero-order valence-corrected chi connectivity index (χ0v) is 10.5. The molecule has 17 heavy (non-hydrogen) atoms. The number of nitrogens with one attached hydrogen (secondary N) is 2. The van der Waals surface area contributed by atoms with Crippen molar-refractivity contribution in [2.45, 2.75) is 39.2 Å². The van der Waals surface area contributed by atoms with E-state index in [4.69, 9.17) is 0 Å². The number of hydrogen-bond donors (Lipinski definition) is 2. The average molecular weight is 236 g/mol. The van der Waals surface area contributed by atoms with Crippen LogP contribution in [0.5, 0.6) is 0 Å². The Balaban J connectivity index is 2.00. The van der Waals surface area contributed by atoms with Crippen molar-refractivity contribution in [1.29, 1.82) is 0 Å². The fourth-order valence-corrected chi connectivity index (χ4v) is 2.30. The Hall–Kier alpha value is -1.36. The van der Waals surface area contributed by atoms with E-state index >= 15 is 0 Å². The Bertz CT molecular complexity index is 382. The highest BCUT2D eigenvalue weighted by Gasteiger charge is 2.19. The topological polar surface area (TPSA) is 61.0 Å². The first-order chi connectivity index (χ1) is 8.16. The van der Waals surface area contributed by atoms with Crippen molar-refractivity contribution in [2.24, 2.45) is 0 Å². The summed E-state index contributed by atoms with van der Waals surface area (Å²) in [5.41, 5.74) is 1.07. The molecule has 1 fully saturated rings. The molecule has 94 valence electrons. The first-order valence-electron chi connectivity index (χ1n) is 6.24. The standard InChI is InChI=1S/C12H20N4O/c1-9(16-6-4-3-5-7-16)11-8-12(15-14-11)13-10(2)17/h8-9H,3-7H2,1-2H3,(H2,13,14,15,17)/t9-/m1/s1. The predicted octanol–water partition coefficient (Wildman–Crippen LogP) is 1.91. The van der Waals surface area contributed by atoms with Gasteiger partial charge in [0.05, 0.1) is 5.69 Å². The largest absolute Gasteiger partial charge is 0.309 e. The number of piperidine rings is 1. The van der Waals surface area contributed by atoms with Crippen molar-refractivity contribution in [2.75, 3.05) is 18.4 Å². The maximum atomic E-state index is 10.9. The van der Waals surface area contributed by atoms with Gasteiger partial charge in [-0.05, 0) is 32.9 Å². The van der Waals surface area contributed by atoms with Crippen LogP contribution in [0.15, 0.2) is 6.07 Å². The molecule has 0 aromatic carbocycles. The van der Waals surface area contributed by atoms with Crippen molar-refractivity contribution in [1.82, 2.24) is 15.1 Å². The SMILES string of the molecule is CC(=O)Nc1cc([C@@H](C)N2CCCCC2)[nH]n1.